The summed E-state index contributed by atoms with van der Waals surface area (Å²) in [6.07, 6.45) is 7.70. The van der Waals surface area contributed by atoms with Gasteiger partial charge in [0.15, 0.2) is 15.8 Å². The van der Waals surface area contributed by atoms with E-state index in [1.54, 1.807) is 0 Å². The van der Waals surface area contributed by atoms with E-state index in [1.165, 1.54) is 25.7 Å². The fraction of sp³-hybridized carbons (Fsp3) is 0.941. The standard InChI is InChI=1S/C17H31N3O3S/c1-2-18-16(19-12-14-6-10-24(21,22)13-14)20-15-5-9-23-17(11-15)7-3-4-8-17/h14-15H,2-13H2,1H3,(H2,18,19,20). The van der Waals surface area contributed by atoms with Crippen LogP contribution in [0.3, 0.4) is 0 Å². The average Bonchev–Trinajstić information content (AvgIpc) is 3.12. The van der Waals surface area contributed by atoms with Crippen molar-refractivity contribution in [3.05, 3.63) is 0 Å². The van der Waals surface area contributed by atoms with Gasteiger partial charge in [-0.2, -0.15) is 0 Å². The molecule has 0 aromatic heterocycles. The predicted octanol–water partition coefficient (Wildman–Crippen LogP) is 1.47. The van der Waals surface area contributed by atoms with E-state index in [0.717, 1.165) is 38.4 Å². The fourth-order valence-electron chi connectivity index (χ4n) is 4.27. The largest absolute Gasteiger partial charge is 0.375 e. The average molecular weight is 358 g/mol. The van der Waals surface area contributed by atoms with Gasteiger partial charge in [0.1, 0.15) is 0 Å². The van der Waals surface area contributed by atoms with Crippen molar-refractivity contribution in [1.29, 1.82) is 0 Å². The van der Waals surface area contributed by atoms with Gasteiger partial charge >= 0.3 is 0 Å². The van der Waals surface area contributed by atoms with Gasteiger partial charge in [0.25, 0.3) is 0 Å². The van der Waals surface area contributed by atoms with Crippen LogP contribution in [0.2, 0.25) is 0 Å². The van der Waals surface area contributed by atoms with Crippen LogP contribution < -0.4 is 10.6 Å². The Kier molecular flexibility index (Phi) is 5.70. The minimum atomic E-state index is -2.82. The summed E-state index contributed by atoms with van der Waals surface area (Å²) in [7, 11) is -2.82. The number of aliphatic imine (C=N–C) groups is 1. The molecule has 0 aromatic carbocycles. The summed E-state index contributed by atoms with van der Waals surface area (Å²) < 4.78 is 29.3. The fourth-order valence-corrected chi connectivity index (χ4v) is 6.12. The highest BCUT2D eigenvalue weighted by molar-refractivity contribution is 7.91. The van der Waals surface area contributed by atoms with Crippen molar-refractivity contribution in [2.75, 3.05) is 31.2 Å². The number of sulfone groups is 1. The van der Waals surface area contributed by atoms with Crippen molar-refractivity contribution in [2.24, 2.45) is 10.9 Å². The third-order valence-corrected chi connectivity index (χ3v) is 7.36. The number of hydrogen-bond donors (Lipinski definition) is 2. The molecule has 3 aliphatic rings. The maximum Gasteiger partial charge on any atom is 0.191 e. The van der Waals surface area contributed by atoms with Gasteiger partial charge in [0.05, 0.1) is 17.1 Å². The first-order chi connectivity index (χ1) is 11.5. The molecule has 0 aromatic rings. The molecule has 3 fully saturated rings. The van der Waals surface area contributed by atoms with E-state index >= 15 is 0 Å². The normalized spacial score (nSPS) is 32.1. The van der Waals surface area contributed by atoms with E-state index in [-0.39, 0.29) is 17.3 Å². The van der Waals surface area contributed by atoms with Gasteiger partial charge in [-0.1, -0.05) is 12.8 Å². The van der Waals surface area contributed by atoms with Gasteiger partial charge in [0, 0.05) is 25.7 Å². The molecule has 6 nitrogen and oxygen atoms in total. The lowest BCUT2D eigenvalue weighted by molar-refractivity contribution is -0.0815. The summed E-state index contributed by atoms with van der Waals surface area (Å²) in [5.41, 5.74) is 0.0901. The van der Waals surface area contributed by atoms with Crippen LogP contribution in [-0.4, -0.2) is 57.2 Å². The first kappa shape index (κ1) is 18.0. The van der Waals surface area contributed by atoms with Crippen LogP contribution in [0.5, 0.6) is 0 Å². The molecule has 24 heavy (non-hydrogen) atoms. The second-order valence-electron chi connectivity index (χ2n) is 7.56. The van der Waals surface area contributed by atoms with Crippen LogP contribution in [0.15, 0.2) is 4.99 Å². The molecule has 2 atom stereocenters. The molecule has 0 radical (unpaired) electrons. The molecule has 1 aliphatic carbocycles. The quantitative estimate of drug-likeness (QED) is 0.588. The highest BCUT2D eigenvalue weighted by atomic mass is 32.2. The number of hydrogen-bond acceptors (Lipinski definition) is 4. The van der Waals surface area contributed by atoms with E-state index in [1.807, 2.05) is 0 Å². The van der Waals surface area contributed by atoms with Crippen LogP contribution in [0.25, 0.3) is 0 Å². The molecule has 1 spiro atoms. The Morgan fingerprint density at radius 2 is 2.08 bits per heavy atom. The molecule has 2 aliphatic heterocycles. The minimum Gasteiger partial charge on any atom is -0.375 e. The first-order valence-electron chi connectivity index (χ1n) is 9.39. The Hall–Kier alpha value is -0.820. The lowest BCUT2D eigenvalue weighted by atomic mass is 9.89. The zero-order chi connectivity index (χ0) is 17.0. The van der Waals surface area contributed by atoms with Crippen molar-refractivity contribution in [3.8, 4) is 0 Å². The summed E-state index contributed by atoms with van der Waals surface area (Å²) in [6, 6.07) is 0.391. The SMILES string of the molecule is CCNC(=NCC1CCS(=O)(=O)C1)NC1CCOC2(CCCC2)C1. The van der Waals surface area contributed by atoms with Crippen molar-refractivity contribution >= 4 is 15.8 Å². The molecule has 2 heterocycles. The first-order valence-corrected chi connectivity index (χ1v) is 11.2. The van der Waals surface area contributed by atoms with Gasteiger partial charge in [0.2, 0.25) is 0 Å². The van der Waals surface area contributed by atoms with Gasteiger partial charge in [-0.15, -0.1) is 0 Å². The summed E-state index contributed by atoms with van der Waals surface area (Å²) in [5, 5.41) is 6.86. The Labute approximate surface area is 145 Å². The van der Waals surface area contributed by atoms with E-state index in [0.29, 0.717) is 18.3 Å². The summed E-state index contributed by atoms with van der Waals surface area (Å²) in [6.45, 7) is 4.27. The highest BCUT2D eigenvalue weighted by Gasteiger charge is 2.40. The summed E-state index contributed by atoms with van der Waals surface area (Å²) in [4.78, 5) is 4.66. The van der Waals surface area contributed by atoms with Crippen LogP contribution in [0.1, 0.15) is 51.9 Å². The third kappa shape index (κ3) is 4.63. The van der Waals surface area contributed by atoms with Crippen molar-refractivity contribution in [1.82, 2.24) is 10.6 Å². The van der Waals surface area contributed by atoms with Gasteiger partial charge in [-0.05, 0) is 44.9 Å². The summed E-state index contributed by atoms with van der Waals surface area (Å²) >= 11 is 0. The Bertz CT molecular complexity index is 555. The maximum atomic E-state index is 11.6. The second kappa shape index (κ2) is 7.60. The number of nitrogens with one attached hydrogen (secondary N) is 2. The van der Waals surface area contributed by atoms with Crippen LogP contribution >= 0.6 is 0 Å². The van der Waals surface area contributed by atoms with Crippen LogP contribution in [-0.2, 0) is 14.6 Å². The molecule has 2 unspecified atom stereocenters. The van der Waals surface area contributed by atoms with E-state index in [9.17, 15) is 8.42 Å². The third-order valence-electron chi connectivity index (χ3n) is 5.53. The second-order valence-corrected chi connectivity index (χ2v) is 9.79. The lowest BCUT2D eigenvalue weighted by Crippen LogP contribution is -2.50. The van der Waals surface area contributed by atoms with Gasteiger partial charge in [-0.25, -0.2) is 8.42 Å². The molecule has 2 N–H and O–H groups in total. The number of guanidine groups is 1. The molecule has 1 saturated carbocycles. The van der Waals surface area contributed by atoms with Crippen molar-refractivity contribution < 1.29 is 13.2 Å². The molecule has 138 valence electrons. The van der Waals surface area contributed by atoms with Crippen molar-refractivity contribution in [2.45, 2.75) is 63.5 Å². The Balaban J connectivity index is 1.56. The highest BCUT2D eigenvalue weighted by Crippen LogP contribution is 2.39. The van der Waals surface area contributed by atoms with E-state index in [2.05, 4.69) is 22.5 Å². The zero-order valence-corrected chi connectivity index (χ0v) is 15.5. The molecule has 7 heteroatoms. The number of rotatable bonds is 4. The van der Waals surface area contributed by atoms with Crippen molar-refractivity contribution in [3.63, 3.8) is 0 Å². The number of nitrogens with zero attached hydrogens (tertiary/aromatic N) is 1. The van der Waals surface area contributed by atoms with E-state index < -0.39 is 9.84 Å². The van der Waals surface area contributed by atoms with Crippen LogP contribution in [0, 0.1) is 5.92 Å². The molecular weight excluding hydrogens is 326 g/mol. The molecule has 0 bridgehead atoms. The monoisotopic (exact) mass is 357 g/mol. The topological polar surface area (TPSA) is 79.8 Å². The molecule has 0 amide bonds. The smallest absolute Gasteiger partial charge is 0.191 e. The number of ether oxygens (including phenoxy) is 1. The minimum absolute atomic E-state index is 0.0901. The Morgan fingerprint density at radius 1 is 1.29 bits per heavy atom. The maximum absolute atomic E-state index is 11.6. The lowest BCUT2D eigenvalue weighted by Gasteiger charge is -2.39. The zero-order valence-electron chi connectivity index (χ0n) is 14.7. The van der Waals surface area contributed by atoms with E-state index in [4.69, 9.17) is 4.74 Å². The molecule has 3 rings (SSSR count). The van der Waals surface area contributed by atoms with Crippen LogP contribution in [0.4, 0.5) is 0 Å². The predicted molar refractivity (Wildman–Crippen MR) is 96.0 cm³/mol. The molecule has 2 saturated heterocycles. The summed E-state index contributed by atoms with van der Waals surface area (Å²) in [5.74, 6) is 1.60. The van der Waals surface area contributed by atoms with Gasteiger partial charge < -0.3 is 15.4 Å². The Morgan fingerprint density at radius 3 is 2.75 bits per heavy atom. The molecular formula is C17H31N3O3S. The van der Waals surface area contributed by atoms with Gasteiger partial charge in [-0.3, -0.25) is 4.99 Å².